The molecular weight excluding hydrogens is 231 g/mol. The van der Waals surface area contributed by atoms with Crippen LogP contribution in [0.25, 0.3) is 11.5 Å². The number of hydrogen-bond donors (Lipinski definition) is 0. The Kier molecular flexibility index (Phi) is 7.14. The van der Waals surface area contributed by atoms with Crippen LogP contribution in [-0.4, -0.2) is 0 Å². The topological polar surface area (TPSA) is 47.6 Å². The minimum atomic E-state index is 0. The van der Waals surface area contributed by atoms with E-state index in [1.54, 1.807) is 24.3 Å². The van der Waals surface area contributed by atoms with Crippen LogP contribution in [0.1, 0.15) is 0 Å². The minimum absolute atomic E-state index is 0. The van der Waals surface area contributed by atoms with Crippen molar-refractivity contribution < 1.29 is 16.8 Å². The first-order valence-electron chi connectivity index (χ1n) is 4.32. The summed E-state index contributed by atoms with van der Waals surface area (Å²) in [5.74, 6) is 0. The SMILES string of the molecule is [Co+2].[NH-]c1ccccc1.[NH-]c1ccccc1. The van der Waals surface area contributed by atoms with Crippen molar-refractivity contribution in [2.45, 2.75) is 0 Å². The van der Waals surface area contributed by atoms with E-state index in [-0.39, 0.29) is 16.8 Å². The molecule has 0 aliphatic carbocycles. The van der Waals surface area contributed by atoms with Crippen LogP contribution >= 0.6 is 0 Å². The largest absolute Gasteiger partial charge is 2.00 e. The van der Waals surface area contributed by atoms with Gasteiger partial charge in [-0.2, -0.15) is 0 Å². The summed E-state index contributed by atoms with van der Waals surface area (Å²) in [6.07, 6.45) is 0. The molecule has 1 radical (unpaired) electrons. The van der Waals surface area contributed by atoms with Crippen LogP contribution in [-0.2, 0) is 16.8 Å². The molecule has 2 aromatic carbocycles. The fourth-order valence-electron chi connectivity index (χ4n) is 0.876. The first-order chi connectivity index (χ1) is 6.79. The van der Waals surface area contributed by atoms with Gasteiger partial charge in [0.25, 0.3) is 0 Å². The molecule has 0 fully saturated rings. The third kappa shape index (κ3) is 6.60. The second-order valence-corrected chi connectivity index (χ2v) is 2.73. The fraction of sp³-hybridized carbons (Fsp3) is 0. The van der Waals surface area contributed by atoms with Gasteiger partial charge in [-0.1, -0.05) is 60.7 Å². The molecule has 15 heavy (non-hydrogen) atoms. The van der Waals surface area contributed by atoms with Gasteiger partial charge in [-0.15, -0.1) is 11.4 Å². The van der Waals surface area contributed by atoms with E-state index in [0.717, 1.165) is 0 Å². The number of nitrogens with one attached hydrogen (secondary N) is 2. The maximum absolute atomic E-state index is 7.00. The Morgan fingerprint density at radius 3 is 0.933 bits per heavy atom. The van der Waals surface area contributed by atoms with Gasteiger partial charge in [0, 0.05) is 0 Å². The molecule has 0 saturated heterocycles. The summed E-state index contributed by atoms with van der Waals surface area (Å²) in [4.78, 5) is 0. The zero-order valence-corrected chi connectivity index (χ0v) is 9.15. The van der Waals surface area contributed by atoms with Gasteiger partial charge in [0.15, 0.2) is 0 Å². The fourth-order valence-corrected chi connectivity index (χ4v) is 0.876. The van der Waals surface area contributed by atoms with E-state index >= 15 is 0 Å². The van der Waals surface area contributed by atoms with E-state index in [4.69, 9.17) is 11.5 Å². The van der Waals surface area contributed by atoms with Crippen molar-refractivity contribution in [2.24, 2.45) is 0 Å². The molecule has 0 aromatic heterocycles. The van der Waals surface area contributed by atoms with E-state index < -0.39 is 0 Å². The number of hydrogen-bond acceptors (Lipinski definition) is 0. The smallest absolute Gasteiger partial charge is 0.699 e. The quantitative estimate of drug-likeness (QED) is 0.641. The van der Waals surface area contributed by atoms with Crippen molar-refractivity contribution in [1.29, 1.82) is 0 Å². The summed E-state index contributed by atoms with van der Waals surface area (Å²) in [5.41, 5.74) is 15.1. The predicted octanol–water partition coefficient (Wildman–Crippen LogP) is 4.74. The third-order valence-electron chi connectivity index (χ3n) is 1.55. The van der Waals surface area contributed by atoms with Gasteiger partial charge in [-0.05, 0) is 0 Å². The second kappa shape index (κ2) is 7.91. The van der Waals surface area contributed by atoms with Crippen LogP contribution in [0, 0.1) is 0 Å². The predicted molar refractivity (Wildman–Crippen MR) is 60.8 cm³/mol. The summed E-state index contributed by atoms with van der Waals surface area (Å²) in [6, 6.07) is 18.2. The van der Waals surface area contributed by atoms with E-state index in [2.05, 4.69) is 0 Å². The van der Waals surface area contributed by atoms with E-state index in [1.165, 1.54) is 0 Å². The average Bonchev–Trinajstić information content (AvgIpc) is 2.21. The average molecular weight is 243 g/mol. The van der Waals surface area contributed by atoms with Crippen LogP contribution in [0.4, 0.5) is 11.4 Å². The normalized spacial score (nSPS) is 8.00. The summed E-state index contributed by atoms with van der Waals surface area (Å²) >= 11 is 0. The molecule has 2 nitrogen and oxygen atoms in total. The first kappa shape index (κ1) is 13.5. The molecule has 2 N–H and O–H groups in total. The molecule has 0 amide bonds. The molecule has 0 saturated carbocycles. The Balaban J connectivity index is 0.000000245. The summed E-state index contributed by atoms with van der Waals surface area (Å²) in [5, 5.41) is 0. The minimum Gasteiger partial charge on any atom is -0.699 e. The van der Waals surface area contributed by atoms with Crippen molar-refractivity contribution in [1.82, 2.24) is 0 Å². The molecule has 2 aromatic rings. The molecule has 0 aliphatic heterocycles. The third-order valence-corrected chi connectivity index (χ3v) is 1.55. The van der Waals surface area contributed by atoms with Gasteiger partial charge >= 0.3 is 16.8 Å². The second-order valence-electron chi connectivity index (χ2n) is 2.73. The van der Waals surface area contributed by atoms with Crippen molar-refractivity contribution in [2.75, 3.05) is 0 Å². The number of benzene rings is 2. The standard InChI is InChI=1S/2C6H6N.Co/c2*7-6-4-2-1-3-5-6;/h2*1-5,7H;/q2*-1;+2. The van der Waals surface area contributed by atoms with Gasteiger partial charge in [0.2, 0.25) is 0 Å². The molecule has 0 bridgehead atoms. The Labute approximate surface area is 100 Å². The van der Waals surface area contributed by atoms with E-state index in [9.17, 15) is 0 Å². The first-order valence-corrected chi connectivity index (χ1v) is 4.32. The summed E-state index contributed by atoms with van der Waals surface area (Å²) < 4.78 is 0. The van der Waals surface area contributed by atoms with E-state index in [0.29, 0.717) is 11.4 Å². The molecule has 0 heterocycles. The Morgan fingerprint density at radius 1 is 0.533 bits per heavy atom. The van der Waals surface area contributed by atoms with Crippen molar-refractivity contribution >= 4 is 11.4 Å². The molecule has 3 heteroatoms. The maximum Gasteiger partial charge on any atom is 2.00 e. The monoisotopic (exact) mass is 243 g/mol. The van der Waals surface area contributed by atoms with Crippen molar-refractivity contribution in [3.05, 3.63) is 72.1 Å². The molecule has 0 spiro atoms. The van der Waals surface area contributed by atoms with Crippen LogP contribution in [0.2, 0.25) is 0 Å². The Bertz CT molecular complexity index is 311. The molecule has 0 unspecified atom stereocenters. The molecule has 79 valence electrons. The summed E-state index contributed by atoms with van der Waals surface area (Å²) in [6.45, 7) is 0. The molecule has 0 atom stereocenters. The van der Waals surface area contributed by atoms with Gasteiger partial charge in [0.05, 0.1) is 0 Å². The van der Waals surface area contributed by atoms with Crippen molar-refractivity contribution in [3.63, 3.8) is 0 Å². The Hall–Kier alpha value is -1.45. The zero-order chi connectivity index (χ0) is 10.2. The van der Waals surface area contributed by atoms with Gasteiger partial charge in [0.1, 0.15) is 0 Å². The van der Waals surface area contributed by atoms with Gasteiger partial charge < -0.3 is 11.5 Å². The van der Waals surface area contributed by atoms with Crippen LogP contribution in [0.15, 0.2) is 60.7 Å². The van der Waals surface area contributed by atoms with Gasteiger partial charge in [-0.25, -0.2) is 0 Å². The van der Waals surface area contributed by atoms with Crippen LogP contribution < -0.4 is 0 Å². The van der Waals surface area contributed by atoms with Gasteiger partial charge in [-0.3, -0.25) is 0 Å². The Morgan fingerprint density at radius 2 is 0.800 bits per heavy atom. The molecule has 0 aliphatic rings. The zero-order valence-electron chi connectivity index (χ0n) is 8.11. The van der Waals surface area contributed by atoms with Crippen LogP contribution in [0.5, 0.6) is 0 Å². The summed E-state index contributed by atoms with van der Waals surface area (Å²) in [7, 11) is 0. The maximum atomic E-state index is 7.00. The van der Waals surface area contributed by atoms with Crippen LogP contribution in [0.3, 0.4) is 0 Å². The van der Waals surface area contributed by atoms with Crippen molar-refractivity contribution in [3.8, 4) is 0 Å². The molecular formula is C12H12CoN2. The molecule has 2 rings (SSSR count). The number of rotatable bonds is 0. The van der Waals surface area contributed by atoms with E-state index in [1.807, 2.05) is 36.4 Å².